The van der Waals surface area contributed by atoms with Crippen LogP contribution in [0.4, 0.5) is 4.79 Å². The van der Waals surface area contributed by atoms with Crippen molar-refractivity contribution in [2.75, 3.05) is 5.75 Å². The molecule has 0 fully saturated rings. The predicted molar refractivity (Wildman–Crippen MR) is 87.3 cm³/mol. The smallest absolute Gasteiger partial charge is 0.318 e. The van der Waals surface area contributed by atoms with Crippen LogP contribution in [0.5, 0.6) is 0 Å². The highest BCUT2D eigenvalue weighted by Crippen LogP contribution is 2.21. The Bertz CT molecular complexity index is 548. The second-order valence-corrected chi connectivity index (χ2v) is 6.72. The maximum atomic E-state index is 11.8. The summed E-state index contributed by atoms with van der Waals surface area (Å²) in [6.07, 6.45) is -1.05. The van der Waals surface area contributed by atoms with Gasteiger partial charge < -0.3 is 10.5 Å². The number of imide groups is 1. The largest absolute Gasteiger partial charge is 0.451 e. The summed E-state index contributed by atoms with van der Waals surface area (Å²) >= 11 is 4.62. The third-order valence-corrected chi connectivity index (χ3v) is 4.05. The zero-order valence-corrected chi connectivity index (χ0v) is 14.6. The van der Waals surface area contributed by atoms with Gasteiger partial charge in [-0.3, -0.25) is 14.9 Å². The summed E-state index contributed by atoms with van der Waals surface area (Å²) in [4.78, 5) is 35.2. The summed E-state index contributed by atoms with van der Waals surface area (Å²) in [7, 11) is 0. The lowest BCUT2D eigenvalue weighted by molar-refractivity contribution is -0.155. The second kappa shape index (κ2) is 8.79. The van der Waals surface area contributed by atoms with Gasteiger partial charge in [-0.05, 0) is 30.2 Å². The van der Waals surface area contributed by atoms with Gasteiger partial charge in [0.1, 0.15) is 0 Å². The first-order valence-electron chi connectivity index (χ1n) is 6.47. The Hall–Kier alpha value is -1.54. The van der Waals surface area contributed by atoms with Crippen LogP contribution in [0.1, 0.15) is 13.8 Å². The number of nitrogens with two attached hydrogens (primary N) is 1. The number of hydrogen-bond donors (Lipinski definition) is 2. The summed E-state index contributed by atoms with van der Waals surface area (Å²) in [6.45, 7) is 3.42. The van der Waals surface area contributed by atoms with Crippen molar-refractivity contribution < 1.29 is 19.1 Å². The standard InChI is InChI=1S/C14H17BrN2O4S/c1-8(2)12(13(19)17-14(16)20)21-11(18)7-22-10-5-3-9(15)4-6-10/h3-6,8,12H,7H2,1-2H3,(H3,16,17,19,20)/t12-/m0/s1. The van der Waals surface area contributed by atoms with E-state index in [1.807, 2.05) is 29.6 Å². The van der Waals surface area contributed by atoms with Gasteiger partial charge in [-0.1, -0.05) is 29.8 Å². The number of primary amides is 1. The molecule has 0 aliphatic rings. The molecule has 1 aromatic carbocycles. The van der Waals surface area contributed by atoms with E-state index < -0.39 is 24.0 Å². The van der Waals surface area contributed by atoms with Crippen molar-refractivity contribution in [3.05, 3.63) is 28.7 Å². The molecule has 6 nitrogen and oxygen atoms in total. The topological polar surface area (TPSA) is 98.5 Å². The monoisotopic (exact) mass is 388 g/mol. The van der Waals surface area contributed by atoms with Crippen molar-refractivity contribution in [1.82, 2.24) is 5.32 Å². The molecule has 22 heavy (non-hydrogen) atoms. The fourth-order valence-electron chi connectivity index (χ4n) is 1.53. The Morgan fingerprint density at radius 2 is 1.86 bits per heavy atom. The maximum absolute atomic E-state index is 11.8. The van der Waals surface area contributed by atoms with E-state index in [-0.39, 0.29) is 11.7 Å². The Morgan fingerprint density at radius 3 is 2.36 bits per heavy atom. The quantitative estimate of drug-likeness (QED) is 0.575. The van der Waals surface area contributed by atoms with Crippen LogP contribution in [0, 0.1) is 5.92 Å². The van der Waals surface area contributed by atoms with Crippen LogP contribution in [0.25, 0.3) is 0 Å². The van der Waals surface area contributed by atoms with Gasteiger partial charge in [0, 0.05) is 9.37 Å². The molecule has 0 unspecified atom stereocenters. The van der Waals surface area contributed by atoms with Gasteiger partial charge in [0.15, 0.2) is 6.10 Å². The Labute approximate surface area is 141 Å². The summed E-state index contributed by atoms with van der Waals surface area (Å²) in [5.74, 6) is -1.47. The van der Waals surface area contributed by atoms with Gasteiger partial charge in [0.2, 0.25) is 0 Å². The first kappa shape index (κ1) is 18.5. The Balaban J connectivity index is 2.54. The summed E-state index contributed by atoms with van der Waals surface area (Å²) in [6, 6.07) is 6.48. The molecule has 3 amide bonds. The van der Waals surface area contributed by atoms with Crippen LogP contribution >= 0.6 is 27.7 Å². The van der Waals surface area contributed by atoms with Crippen molar-refractivity contribution in [1.29, 1.82) is 0 Å². The molecule has 0 spiro atoms. The van der Waals surface area contributed by atoms with Crippen molar-refractivity contribution in [2.45, 2.75) is 24.8 Å². The molecule has 0 heterocycles. The zero-order valence-electron chi connectivity index (χ0n) is 12.2. The molecule has 0 radical (unpaired) electrons. The first-order valence-corrected chi connectivity index (χ1v) is 8.25. The number of rotatable bonds is 6. The van der Waals surface area contributed by atoms with Crippen LogP contribution in [0.2, 0.25) is 0 Å². The number of ether oxygens (including phenoxy) is 1. The van der Waals surface area contributed by atoms with Gasteiger partial charge in [0.05, 0.1) is 5.75 Å². The van der Waals surface area contributed by atoms with E-state index >= 15 is 0 Å². The fraction of sp³-hybridized carbons (Fsp3) is 0.357. The third kappa shape index (κ3) is 6.48. The molecule has 8 heteroatoms. The number of carbonyl (C=O) groups is 3. The number of urea groups is 1. The molecule has 120 valence electrons. The number of benzene rings is 1. The second-order valence-electron chi connectivity index (χ2n) is 4.75. The van der Waals surface area contributed by atoms with Crippen LogP contribution in [0.15, 0.2) is 33.6 Å². The highest BCUT2D eigenvalue weighted by Gasteiger charge is 2.27. The van der Waals surface area contributed by atoms with Crippen LogP contribution in [-0.2, 0) is 14.3 Å². The summed E-state index contributed by atoms with van der Waals surface area (Å²) in [5, 5.41) is 1.92. The molecule has 1 atom stereocenters. The number of esters is 1. The number of halogens is 1. The highest BCUT2D eigenvalue weighted by atomic mass is 79.9. The van der Waals surface area contributed by atoms with E-state index in [0.717, 1.165) is 9.37 Å². The summed E-state index contributed by atoms with van der Waals surface area (Å²) < 4.78 is 6.08. The minimum atomic E-state index is -1.05. The van der Waals surface area contributed by atoms with Crippen LogP contribution in [-0.4, -0.2) is 29.8 Å². The number of hydrogen-bond acceptors (Lipinski definition) is 5. The van der Waals surface area contributed by atoms with E-state index in [1.165, 1.54) is 11.8 Å². The minimum absolute atomic E-state index is 0.0642. The molecule has 0 saturated carbocycles. The van der Waals surface area contributed by atoms with E-state index in [4.69, 9.17) is 10.5 Å². The molecule has 1 rings (SSSR count). The lowest BCUT2D eigenvalue weighted by atomic mass is 10.1. The highest BCUT2D eigenvalue weighted by molar-refractivity contribution is 9.10. The van der Waals surface area contributed by atoms with E-state index in [9.17, 15) is 14.4 Å². The van der Waals surface area contributed by atoms with Crippen LogP contribution in [0.3, 0.4) is 0 Å². The molecular weight excluding hydrogens is 372 g/mol. The van der Waals surface area contributed by atoms with E-state index in [0.29, 0.717) is 0 Å². The molecular formula is C14H17BrN2O4S. The van der Waals surface area contributed by atoms with Crippen LogP contribution < -0.4 is 11.1 Å². The molecule has 0 aliphatic carbocycles. The number of nitrogens with one attached hydrogen (secondary N) is 1. The van der Waals surface area contributed by atoms with Gasteiger partial charge in [-0.2, -0.15) is 0 Å². The molecule has 0 aliphatic heterocycles. The SMILES string of the molecule is CC(C)[C@H](OC(=O)CSc1ccc(Br)cc1)C(=O)NC(N)=O. The lowest BCUT2D eigenvalue weighted by Gasteiger charge is -2.19. The normalized spacial score (nSPS) is 11.8. The van der Waals surface area contributed by atoms with Gasteiger partial charge >= 0.3 is 12.0 Å². The number of carbonyl (C=O) groups excluding carboxylic acids is 3. The predicted octanol–water partition coefficient (Wildman–Crippen LogP) is 2.30. The molecule has 0 bridgehead atoms. The lowest BCUT2D eigenvalue weighted by Crippen LogP contribution is -2.45. The number of amides is 3. The zero-order chi connectivity index (χ0) is 16.7. The van der Waals surface area contributed by atoms with Crippen molar-refractivity contribution in [3.63, 3.8) is 0 Å². The molecule has 1 aromatic rings. The van der Waals surface area contributed by atoms with Gasteiger partial charge in [0.25, 0.3) is 5.91 Å². The van der Waals surface area contributed by atoms with E-state index in [2.05, 4.69) is 15.9 Å². The van der Waals surface area contributed by atoms with Crippen molar-refractivity contribution in [3.8, 4) is 0 Å². The average molecular weight is 389 g/mol. The minimum Gasteiger partial charge on any atom is -0.451 e. The number of thioether (sulfide) groups is 1. The van der Waals surface area contributed by atoms with Crippen molar-refractivity contribution >= 4 is 45.6 Å². The van der Waals surface area contributed by atoms with Gasteiger partial charge in [-0.15, -0.1) is 11.8 Å². The average Bonchev–Trinajstić information content (AvgIpc) is 2.43. The summed E-state index contributed by atoms with van der Waals surface area (Å²) in [5.41, 5.74) is 4.89. The first-order chi connectivity index (χ1) is 10.3. The Kier molecular flexibility index (Phi) is 7.40. The fourth-order valence-corrected chi connectivity index (χ4v) is 2.48. The van der Waals surface area contributed by atoms with Crippen molar-refractivity contribution in [2.24, 2.45) is 11.7 Å². The molecule has 0 saturated heterocycles. The molecule has 0 aromatic heterocycles. The third-order valence-electron chi connectivity index (χ3n) is 2.54. The van der Waals surface area contributed by atoms with Gasteiger partial charge in [-0.25, -0.2) is 4.79 Å². The molecule has 3 N–H and O–H groups in total. The van der Waals surface area contributed by atoms with E-state index in [1.54, 1.807) is 13.8 Å². The Morgan fingerprint density at radius 1 is 1.27 bits per heavy atom. The maximum Gasteiger partial charge on any atom is 0.318 e.